The highest BCUT2D eigenvalue weighted by Gasteiger charge is 2.72. The molecule has 146 valence electrons. The van der Waals surface area contributed by atoms with Gasteiger partial charge in [0.25, 0.3) is 5.91 Å². The van der Waals surface area contributed by atoms with Gasteiger partial charge in [0, 0.05) is 36.0 Å². The molecule has 2 aromatic carbocycles. The number of piperidine rings is 1. The smallest absolute Gasteiger partial charge is 0.252 e. The Balaban J connectivity index is 1.39. The van der Waals surface area contributed by atoms with Crippen molar-refractivity contribution < 1.29 is 13.9 Å². The van der Waals surface area contributed by atoms with E-state index in [0.717, 1.165) is 49.4 Å². The molecule has 0 spiro atoms. The molecule has 5 heteroatoms. The summed E-state index contributed by atoms with van der Waals surface area (Å²) in [4.78, 5) is 14.4. The molecule has 0 bridgehead atoms. The molecule has 2 atom stereocenters. The molecule has 28 heavy (non-hydrogen) atoms. The van der Waals surface area contributed by atoms with Crippen molar-refractivity contribution in [2.24, 2.45) is 5.41 Å². The number of hydrogen-bond acceptors (Lipinski definition) is 3. The maximum absolute atomic E-state index is 13.9. The second kappa shape index (κ2) is 6.31. The molecule has 3 aliphatic rings. The molecular formula is C23H25FN2O2. The third-order valence-electron chi connectivity index (χ3n) is 6.75. The highest BCUT2D eigenvalue weighted by molar-refractivity contribution is 5.98. The van der Waals surface area contributed by atoms with E-state index >= 15 is 0 Å². The van der Waals surface area contributed by atoms with Crippen LogP contribution in [0, 0.1) is 11.2 Å². The number of ether oxygens (including phenoxy) is 1. The minimum Gasteiger partial charge on any atom is -0.493 e. The second-order valence-electron chi connectivity index (χ2n) is 8.55. The zero-order valence-corrected chi connectivity index (χ0v) is 16.1. The molecule has 5 rings (SSSR count). The second-order valence-corrected chi connectivity index (χ2v) is 8.55. The van der Waals surface area contributed by atoms with Gasteiger partial charge in [0.2, 0.25) is 0 Å². The van der Waals surface area contributed by atoms with E-state index in [0.29, 0.717) is 18.7 Å². The molecule has 0 aromatic heterocycles. The van der Waals surface area contributed by atoms with E-state index in [1.54, 1.807) is 6.07 Å². The van der Waals surface area contributed by atoms with E-state index in [4.69, 9.17) is 4.74 Å². The summed E-state index contributed by atoms with van der Waals surface area (Å²) in [5.41, 5.74) is 2.80. The van der Waals surface area contributed by atoms with Crippen molar-refractivity contribution in [1.82, 2.24) is 10.2 Å². The number of amides is 1. The number of benzene rings is 2. The molecule has 2 heterocycles. The fourth-order valence-electron chi connectivity index (χ4n) is 5.33. The molecule has 0 radical (unpaired) electrons. The number of rotatable bonds is 6. The van der Waals surface area contributed by atoms with Crippen LogP contribution in [0.3, 0.4) is 0 Å². The van der Waals surface area contributed by atoms with Crippen LogP contribution in [0.25, 0.3) is 0 Å². The van der Waals surface area contributed by atoms with Gasteiger partial charge < -0.3 is 15.0 Å². The molecule has 1 N–H and O–H groups in total. The Morgan fingerprint density at radius 2 is 2.11 bits per heavy atom. The van der Waals surface area contributed by atoms with Gasteiger partial charge in [0.1, 0.15) is 11.6 Å². The van der Waals surface area contributed by atoms with Crippen LogP contribution in [0.5, 0.6) is 5.75 Å². The summed E-state index contributed by atoms with van der Waals surface area (Å²) in [5.74, 6) is 0.528. The molecular weight excluding hydrogens is 355 g/mol. The van der Waals surface area contributed by atoms with Gasteiger partial charge in [0.15, 0.2) is 0 Å². The monoisotopic (exact) mass is 380 g/mol. The summed E-state index contributed by atoms with van der Waals surface area (Å²) in [6, 6.07) is 12.8. The third-order valence-corrected chi connectivity index (χ3v) is 6.75. The predicted molar refractivity (Wildman–Crippen MR) is 105 cm³/mol. The van der Waals surface area contributed by atoms with Crippen LogP contribution < -0.4 is 10.1 Å². The molecule has 1 saturated carbocycles. The first kappa shape index (κ1) is 17.7. The van der Waals surface area contributed by atoms with Gasteiger partial charge in [-0.25, -0.2) is 4.39 Å². The molecule has 1 aliphatic carbocycles. The van der Waals surface area contributed by atoms with Crippen molar-refractivity contribution in [2.45, 2.75) is 31.7 Å². The number of carbonyl (C=O) groups excluding carboxylic acids is 1. The van der Waals surface area contributed by atoms with Gasteiger partial charge >= 0.3 is 0 Å². The summed E-state index contributed by atoms with van der Waals surface area (Å²) in [6.45, 7) is 6.36. The van der Waals surface area contributed by atoms with Gasteiger partial charge in [-0.2, -0.15) is 0 Å². The Morgan fingerprint density at radius 1 is 1.21 bits per heavy atom. The van der Waals surface area contributed by atoms with Crippen molar-refractivity contribution in [3.8, 4) is 5.75 Å². The molecule has 4 nitrogen and oxygen atoms in total. The number of likely N-dealkylation sites (tertiary alicyclic amines) is 1. The van der Waals surface area contributed by atoms with E-state index in [-0.39, 0.29) is 22.6 Å². The minimum absolute atomic E-state index is 0.0111. The predicted octanol–water partition coefficient (Wildman–Crippen LogP) is 3.50. The van der Waals surface area contributed by atoms with Gasteiger partial charge in [-0.15, -0.1) is 0 Å². The maximum atomic E-state index is 13.9. The van der Waals surface area contributed by atoms with E-state index < -0.39 is 0 Å². The average Bonchev–Trinajstić information content (AvgIpc) is 2.98. The zero-order chi connectivity index (χ0) is 19.4. The Hall–Kier alpha value is -2.40. The fraction of sp³-hybridized carbons (Fsp3) is 0.435. The largest absolute Gasteiger partial charge is 0.493 e. The molecule has 2 aromatic rings. The zero-order valence-electron chi connectivity index (χ0n) is 16.1. The van der Waals surface area contributed by atoms with Crippen LogP contribution >= 0.6 is 0 Å². The summed E-state index contributed by atoms with van der Waals surface area (Å²) in [5, 5.41) is 2.84. The van der Waals surface area contributed by atoms with Crippen molar-refractivity contribution >= 4 is 5.91 Å². The number of halogens is 1. The van der Waals surface area contributed by atoms with Crippen LogP contribution in [0.4, 0.5) is 4.39 Å². The molecule has 2 fully saturated rings. The first-order valence-electron chi connectivity index (χ1n) is 10.1. The number of nitrogens with zero attached hydrogens (tertiary/aromatic N) is 1. The quantitative estimate of drug-likeness (QED) is 0.834. The van der Waals surface area contributed by atoms with Gasteiger partial charge in [-0.3, -0.25) is 4.79 Å². The molecule has 0 unspecified atom stereocenters. The van der Waals surface area contributed by atoms with Gasteiger partial charge in [-0.05, 0) is 54.8 Å². The lowest BCUT2D eigenvalue weighted by Crippen LogP contribution is -2.28. The third kappa shape index (κ3) is 2.64. The first-order chi connectivity index (χ1) is 13.6. The summed E-state index contributed by atoms with van der Waals surface area (Å²) >= 11 is 0. The minimum atomic E-state index is -0.174. The summed E-state index contributed by atoms with van der Waals surface area (Å²) < 4.78 is 20.1. The van der Waals surface area contributed by atoms with Crippen LogP contribution in [0.15, 0.2) is 42.5 Å². The highest BCUT2D eigenvalue weighted by atomic mass is 19.1. The molecule has 2 aliphatic heterocycles. The van der Waals surface area contributed by atoms with Crippen LogP contribution in [0.2, 0.25) is 0 Å². The van der Waals surface area contributed by atoms with E-state index in [1.165, 1.54) is 6.07 Å². The lowest BCUT2D eigenvalue weighted by Gasteiger charge is -2.20. The van der Waals surface area contributed by atoms with Crippen LogP contribution in [-0.2, 0) is 12.0 Å². The fourth-order valence-corrected chi connectivity index (χ4v) is 5.33. The Morgan fingerprint density at radius 3 is 2.93 bits per heavy atom. The van der Waals surface area contributed by atoms with Crippen LogP contribution in [-0.4, -0.2) is 37.0 Å². The van der Waals surface area contributed by atoms with E-state index in [2.05, 4.69) is 23.2 Å². The Bertz CT molecular complexity index is 946. The summed E-state index contributed by atoms with van der Waals surface area (Å²) in [6.07, 6.45) is 2.13. The SMILES string of the molecule is CCCN1C[C@@]2(COc3ccc4c(c3)C(=O)NC4)C[C@@]2(c2cccc(F)c2)C1. The lowest BCUT2D eigenvalue weighted by atomic mass is 9.89. The van der Waals surface area contributed by atoms with Gasteiger partial charge in [0.05, 0.1) is 6.61 Å². The highest BCUT2D eigenvalue weighted by Crippen LogP contribution is 2.69. The average molecular weight is 380 g/mol. The molecule has 1 saturated heterocycles. The van der Waals surface area contributed by atoms with Crippen molar-refractivity contribution in [2.75, 3.05) is 26.2 Å². The van der Waals surface area contributed by atoms with Gasteiger partial charge in [-0.1, -0.05) is 25.1 Å². The van der Waals surface area contributed by atoms with Crippen molar-refractivity contribution in [3.05, 3.63) is 65.0 Å². The van der Waals surface area contributed by atoms with E-state index in [1.807, 2.05) is 24.3 Å². The lowest BCUT2D eigenvalue weighted by molar-refractivity contribution is 0.0965. The van der Waals surface area contributed by atoms with Crippen molar-refractivity contribution in [3.63, 3.8) is 0 Å². The van der Waals surface area contributed by atoms with E-state index in [9.17, 15) is 9.18 Å². The number of hydrogen-bond donors (Lipinski definition) is 1. The summed E-state index contributed by atoms with van der Waals surface area (Å²) in [7, 11) is 0. The Labute approximate surface area is 164 Å². The topological polar surface area (TPSA) is 41.6 Å². The molecule has 1 amide bonds. The van der Waals surface area contributed by atoms with Crippen molar-refractivity contribution in [1.29, 1.82) is 0 Å². The normalized spacial score (nSPS) is 28.0. The first-order valence-corrected chi connectivity index (χ1v) is 10.1. The number of carbonyl (C=O) groups is 1. The van der Waals surface area contributed by atoms with Crippen LogP contribution in [0.1, 0.15) is 41.3 Å². The maximum Gasteiger partial charge on any atom is 0.252 e. The standard InChI is InChI=1S/C23H25FN2O2/c1-2-8-26-13-22(12-23(22,14-26)17-4-3-5-18(24)9-17)15-28-19-7-6-16-11-25-21(27)20(16)10-19/h3-7,9-10H,2,8,11-15H2,1H3,(H,25,27)/t22-,23+/m1/s1. The number of fused-ring (bicyclic) bond motifs is 2. The number of nitrogens with one attached hydrogen (secondary N) is 1. The Kier molecular flexibility index (Phi) is 3.98.